The highest BCUT2D eigenvalue weighted by atomic mass is 19.4. The summed E-state index contributed by atoms with van der Waals surface area (Å²) in [5.74, 6) is -21.1. The summed E-state index contributed by atoms with van der Waals surface area (Å²) < 4.78 is 184. The van der Waals surface area contributed by atoms with E-state index in [4.69, 9.17) is 4.74 Å². The molecule has 196 valence electrons. The smallest absolute Gasteiger partial charge is 0.461 e. The van der Waals surface area contributed by atoms with Crippen LogP contribution < -0.4 is 4.74 Å². The van der Waals surface area contributed by atoms with Crippen LogP contribution in [0.3, 0.4) is 0 Å². The van der Waals surface area contributed by atoms with Gasteiger partial charge in [-0.25, -0.2) is 0 Å². The summed E-state index contributed by atoms with van der Waals surface area (Å²) in [7, 11) is 0.926. The van der Waals surface area contributed by atoms with E-state index in [9.17, 15) is 61.5 Å². The maximum Gasteiger partial charge on any atom is 0.461 e. The molecule has 0 atom stereocenters. The summed E-state index contributed by atoms with van der Waals surface area (Å²) in [6.45, 7) is 0. The zero-order valence-electron chi connectivity index (χ0n) is 17.1. The Balaban J connectivity index is 2.52. The number of halogens is 14. The predicted molar refractivity (Wildman–Crippen MR) is 96.2 cm³/mol. The minimum absolute atomic E-state index is 0.0533. The number of methoxy groups -OCH3 is 1. The monoisotopic (exact) mass is 542 g/mol. The van der Waals surface area contributed by atoms with Crippen LogP contribution in [0.2, 0.25) is 0 Å². The highest BCUT2D eigenvalue weighted by Gasteiger charge is 2.73. The van der Waals surface area contributed by atoms with Crippen molar-refractivity contribution in [2.45, 2.75) is 36.0 Å². The molecule has 0 fully saturated rings. The number of ether oxygens (including phenoxy) is 1. The fourth-order valence-corrected chi connectivity index (χ4v) is 2.51. The molecular formula is C21H8F14O. The standard InChI is InChI=1S/C21H8F14O/c1-36-15-12(7-9-17(24,25)19(28,29)21(33,34)35)3-4-13-10-11(2-5-14(13)15)6-8-16(22,23)18(26,27)20(30,31)32/h2-5,10H,1H3. The molecule has 0 N–H and O–H groups in total. The summed E-state index contributed by atoms with van der Waals surface area (Å²) in [4.78, 5) is 0. The third-order valence-electron chi connectivity index (χ3n) is 4.39. The normalized spacial score (nSPS) is 13.5. The zero-order chi connectivity index (χ0) is 28.0. The van der Waals surface area contributed by atoms with Gasteiger partial charge in [0.05, 0.1) is 12.7 Å². The summed E-state index contributed by atoms with van der Waals surface area (Å²) in [5.41, 5.74) is -1.10. The first kappa shape index (κ1) is 28.9. The maximum atomic E-state index is 13.4. The van der Waals surface area contributed by atoms with Crippen LogP contribution in [-0.2, 0) is 0 Å². The Bertz CT molecular complexity index is 1260. The number of hydrogen-bond donors (Lipinski definition) is 0. The lowest BCUT2D eigenvalue weighted by Gasteiger charge is -2.24. The van der Waals surface area contributed by atoms with Gasteiger partial charge < -0.3 is 4.74 Å². The molecule has 2 aromatic rings. The Morgan fingerprint density at radius 2 is 1.08 bits per heavy atom. The van der Waals surface area contributed by atoms with Gasteiger partial charge >= 0.3 is 36.0 Å². The van der Waals surface area contributed by atoms with Crippen molar-refractivity contribution in [2.24, 2.45) is 0 Å². The molecule has 2 rings (SSSR count). The minimum atomic E-state index is -6.61. The molecular weight excluding hydrogens is 534 g/mol. The summed E-state index contributed by atoms with van der Waals surface area (Å²) >= 11 is 0. The first-order valence-electron chi connectivity index (χ1n) is 8.91. The Morgan fingerprint density at radius 3 is 1.53 bits per heavy atom. The SMILES string of the molecule is COc1c(C#CC(F)(F)C(F)(F)C(F)(F)F)ccc2cc(C#CC(F)(F)C(F)(F)C(F)(F)F)ccc12. The second kappa shape index (κ2) is 8.94. The third-order valence-corrected chi connectivity index (χ3v) is 4.39. The van der Waals surface area contributed by atoms with E-state index < -0.39 is 52.9 Å². The Labute approximate surface area is 192 Å². The highest BCUT2D eigenvalue weighted by molar-refractivity contribution is 5.91. The van der Waals surface area contributed by atoms with E-state index in [1.807, 2.05) is 0 Å². The molecule has 0 aliphatic rings. The van der Waals surface area contributed by atoms with E-state index in [0.29, 0.717) is 11.8 Å². The van der Waals surface area contributed by atoms with E-state index in [2.05, 4.69) is 0 Å². The van der Waals surface area contributed by atoms with E-state index in [1.165, 1.54) is 11.8 Å². The number of alkyl halides is 14. The number of hydrogen-bond acceptors (Lipinski definition) is 1. The molecule has 2 aromatic carbocycles. The highest BCUT2D eigenvalue weighted by Crippen LogP contribution is 2.47. The van der Waals surface area contributed by atoms with Crippen molar-refractivity contribution in [3.05, 3.63) is 41.5 Å². The number of fused-ring (bicyclic) bond motifs is 1. The first-order valence-corrected chi connectivity index (χ1v) is 8.91. The molecule has 1 nitrogen and oxygen atoms in total. The van der Waals surface area contributed by atoms with E-state index in [1.54, 1.807) is 0 Å². The van der Waals surface area contributed by atoms with Crippen molar-refractivity contribution in [2.75, 3.05) is 7.11 Å². The molecule has 0 saturated heterocycles. The molecule has 0 aliphatic carbocycles. The van der Waals surface area contributed by atoms with Crippen LogP contribution in [0.1, 0.15) is 11.1 Å². The molecule has 36 heavy (non-hydrogen) atoms. The van der Waals surface area contributed by atoms with E-state index in [0.717, 1.165) is 37.4 Å². The average molecular weight is 542 g/mol. The van der Waals surface area contributed by atoms with Gasteiger partial charge in [0, 0.05) is 10.9 Å². The Kier molecular flexibility index (Phi) is 7.17. The summed E-state index contributed by atoms with van der Waals surface area (Å²) in [6, 6.07) is 4.43. The molecule has 0 heterocycles. The van der Waals surface area contributed by atoms with Crippen LogP contribution >= 0.6 is 0 Å². The van der Waals surface area contributed by atoms with Gasteiger partial charge in [-0.05, 0) is 41.5 Å². The molecule has 15 heteroatoms. The Hall–Kier alpha value is -3.36. The van der Waals surface area contributed by atoms with Gasteiger partial charge in [-0.15, -0.1) is 0 Å². The fourth-order valence-electron chi connectivity index (χ4n) is 2.51. The summed E-state index contributed by atoms with van der Waals surface area (Å²) in [6.07, 6.45) is -13.2. The van der Waals surface area contributed by atoms with Crippen molar-refractivity contribution in [3.63, 3.8) is 0 Å². The van der Waals surface area contributed by atoms with Crippen LogP contribution in [0.4, 0.5) is 61.5 Å². The molecule has 0 radical (unpaired) electrons. The van der Waals surface area contributed by atoms with Crippen LogP contribution in [-0.4, -0.2) is 43.2 Å². The number of benzene rings is 2. The van der Waals surface area contributed by atoms with Crippen LogP contribution in [0.15, 0.2) is 30.3 Å². The molecule has 0 spiro atoms. The Morgan fingerprint density at radius 1 is 0.611 bits per heavy atom. The lowest BCUT2D eigenvalue weighted by molar-refractivity contribution is -0.339. The minimum Gasteiger partial charge on any atom is -0.495 e. The van der Waals surface area contributed by atoms with Crippen molar-refractivity contribution in [3.8, 4) is 29.4 Å². The quantitative estimate of drug-likeness (QED) is 0.294. The summed E-state index contributed by atoms with van der Waals surface area (Å²) in [5, 5.41) is -0.157. The van der Waals surface area contributed by atoms with Crippen molar-refractivity contribution in [1.82, 2.24) is 0 Å². The topological polar surface area (TPSA) is 9.23 Å². The lowest BCUT2D eigenvalue weighted by Crippen LogP contribution is -2.51. The third kappa shape index (κ3) is 5.10. The predicted octanol–water partition coefficient (Wildman–Crippen LogP) is 7.22. The molecule has 0 aliphatic heterocycles. The van der Waals surface area contributed by atoms with Crippen molar-refractivity contribution in [1.29, 1.82) is 0 Å². The molecule has 0 aromatic heterocycles. The second-order valence-corrected chi connectivity index (χ2v) is 6.88. The van der Waals surface area contributed by atoms with Crippen molar-refractivity contribution < 1.29 is 66.2 Å². The average Bonchev–Trinajstić information content (AvgIpc) is 2.73. The van der Waals surface area contributed by atoms with Crippen LogP contribution in [0.5, 0.6) is 5.75 Å². The fraction of sp³-hybridized carbons (Fsp3) is 0.333. The second-order valence-electron chi connectivity index (χ2n) is 6.88. The van der Waals surface area contributed by atoms with Gasteiger partial charge in [-0.2, -0.15) is 61.5 Å². The van der Waals surface area contributed by atoms with E-state index in [-0.39, 0.29) is 10.8 Å². The largest absolute Gasteiger partial charge is 0.495 e. The molecule has 0 saturated carbocycles. The van der Waals surface area contributed by atoms with Gasteiger partial charge in [0.25, 0.3) is 0 Å². The van der Waals surface area contributed by atoms with Gasteiger partial charge in [0.2, 0.25) is 0 Å². The van der Waals surface area contributed by atoms with Gasteiger partial charge in [0.15, 0.2) is 0 Å². The molecule has 0 bridgehead atoms. The zero-order valence-corrected chi connectivity index (χ0v) is 17.1. The van der Waals surface area contributed by atoms with Gasteiger partial charge in [0.1, 0.15) is 5.75 Å². The molecule has 0 amide bonds. The number of rotatable bonds is 3. The van der Waals surface area contributed by atoms with E-state index >= 15 is 0 Å². The van der Waals surface area contributed by atoms with Gasteiger partial charge in [-0.1, -0.05) is 17.9 Å². The van der Waals surface area contributed by atoms with Crippen molar-refractivity contribution >= 4 is 10.8 Å². The maximum absolute atomic E-state index is 13.4. The molecule has 0 unspecified atom stereocenters. The van der Waals surface area contributed by atoms with Crippen LogP contribution in [0.25, 0.3) is 10.8 Å². The van der Waals surface area contributed by atoms with Crippen LogP contribution in [0, 0.1) is 23.7 Å². The first-order chi connectivity index (χ1) is 16.1. The lowest BCUT2D eigenvalue weighted by atomic mass is 10.0. The van der Waals surface area contributed by atoms with Gasteiger partial charge in [-0.3, -0.25) is 0 Å².